The van der Waals surface area contributed by atoms with E-state index in [-0.39, 0.29) is 12.1 Å². The average molecular weight is 267 g/mol. The van der Waals surface area contributed by atoms with Crippen molar-refractivity contribution in [2.24, 2.45) is 0 Å². The first kappa shape index (κ1) is 11.6. The minimum atomic E-state index is -0.154. The van der Waals surface area contributed by atoms with E-state index in [1.54, 1.807) is 0 Å². The first-order valence-electron chi connectivity index (χ1n) is 5.71. The Hall–Kier alpha value is -2.45. The molecule has 19 heavy (non-hydrogen) atoms. The molecule has 0 amide bonds. The molecule has 0 bridgehead atoms. The van der Waals surface area contributed by atoms with Crippen molar-refractivity contribution in [3.63, 3.8) is 0 Å². The molecule has 5 heteroatoms. The standard InChI is InChI=1S/C14H9N3OS/c15-6-7-17-9-16-11-8-12(19-13(11)14(17)18)10-4-2-1-3-5-10/h1-5,8-9H,7H2. The summed E-state index contributed by atoms with van der Waals surface area (Å²) < 4.78 is 1.92. The van der Waals surface area contributed by atoms with Crippen LogP contribution in [0.15, 0.2) is 47.5 Å². The molecule has 0 aliphatic rings. The molecule has 0 unspecified atom stereocenters. The number of fused-ring (bicyclic) bond motifs is 1. The number of nitrogens with zero attached hydrogens (tertiary/aromatic N) is 3. The van der Waals surface area contributed by atoms with Crippen LogP contribution >= 0.6 is 11.3 Å². The highest BCUT2D eigenvalue weighted by molar-refractivity contribution is 7.22. The van der Waals surface area contributed by atoms with Crippen molar-refractivity contribution in [2.75, 3.05) is 0 Å². The van der Waals surface area contributed by atoms with E-state index < -0.39 is 0 Å². The molecule has 0 aliphatic heterocycles. The third-order valence-electron chi connectivity index (χ3n) is 2.80. The second-order valence-corrected chi connectivity index (χ2v) is 5.08. The third-order valence-corrected chi connectivity index (χ3v) is 3.96. The zero-order chi connectivity index (χ0) is 13.2. The summed E-state index contributed by atoms with van der Waals surface area (Å²) in [7, 11) is 0. The van der Waals surface area contributed by atoms with Crippen LogP contribution in [0.1, 0.15) is 0 Å². The van der Waals surface area contributed by atoms with E-state index in [0.717, 1.165) is 10.4 Å². The highest BCUT2D eigenvalue weighted by Crippen LogP contribution is 2.30. The molecule has 1 aromatic carbocycles. The van der Waals surface area contributed by atoms with Crippen molar-refractivity contribution in [3.05, 3.63) is 53.1 Å². The van der Waals surface area contributed by atoms with E-state index in [9.17, 15) is 4.79 Å². The van der Waals surface area contributed by atoms with Gasteiger partial charge in [-0.2, -0.15) is 5.26 Å². The van der Waals surface area contributed by atoms with Gasteiger partial charge >= 0.3 is 0 Å². The molecule has 0 spiro atoms. The molecule has 0 atom stereocenters. The van der Waals surface area contributed by atoms with Crippen molar-refractivity contribution in [1.82, 2.24) is 9.55 Å². The molecule has 0 aliphatic carbocycles. The normalized spacial score (nSPS) is 10.5. The molecule has 0 saturated carbocycles. The number of benzene rings is 1. The minimum absolute atomic E-state index is 0.0281. The molecule has 3 rings (SSSR count). The summed E-state index contributed by atoms with van der Waals surface area (Å²) in [6, 6.07) is 13.7. The first-order chi connectivity index (χ1) is 9.29. The lowest BCUT2D eigenvalue weighted by atomic mass is 10.2. The lowest BCUT2D eigenvalue weighted by Crippen LogP contribution is -2.18. The Morgan fingerprint density at radius 3 is 2.84 bits per heavy atom. The van der Waals surface area contributed by atoms with Crippen molar-refractivity contribution in [2.45, 2.75) is 6.54 Å². The number of rotatable bonds is 2. The molecule has 0 radical (unpaired) electrons. The summed E-state index contributed by atoms with van der Waals surface area (Å²) in [4.78, 5) is 17.4. The van der Waals surface area contributed by atoms with E-state index in [4.69, 9.17) is 5.26 Å². The molecule has 0 saturated heterocycles. The number of thiophene rings is 1. The fourth-order valence-corrected chi connectivity index (χ4v) is 2.94. The van der Waals surface area contributed by atoms with Gasteiger partial charge in [0.25, 0.3) is 5.56 Å². The van der Waals surface area contributed by atoms with Gasteiger partial charge in [0.05, 0.1) is 17.9 Å². The number of hydrogen-bond donors (Lipinski definition) is 0. The highest BCUT2D eigenvalue weighted by Gasteiger charge is 2.09. The largest absolute Gasteiger partial charge is 0.284 e. The van der Waals surface area contributed by atoms with E-state index in [2.05, 4.69) is 4.98 Å². The van der Waals surface area contributed by atoms with Crippen LogP contribution in [0.3, 0.4) is 0 Å². The summed E-state index contributed by atoms with van der Waals surface area (Å²) in [5, 5.41) is 8.67. The Bertz CT molecular complexity index is 827. The van der Waals surface area contributed by atoms with Crippen LogP contribution < -0.4 is 5.56 Å². The van der Waals surface area contributed by atoms with Gasteiger partial charge in [0, 0.05) is 4.88 Å². The molecule has 2 heterocycles. The number of aromatic nitrogens is 2. The maximum atomic E-state index is 12.1. The Kier molecular flexibility index (Phi) is 2.86. The van der Waals surface area contributed by atoms with Gasteiger partial charge in [-0.1, -0.05) is 30.3 Å². The summed E-state index contributed by atoms with van der Waals surface area (Å²) >= 11 is 1.41. The van der Waals surface area contributed by atoms with Gasteiger partial charge in [-0.05, 0) is 11.6 Å². The van der Waals surface area contributed by atoms with Crippen molar-refractivity contribution in [3.8, 4) is 16.5 Å². The molecule has 92 valence electrons. The molecular formula is C14H9N3OS. The lowest BCUT2D eigenvalue weighted by molar-refractivity contribution is 0.777. The second kappa shape index (κ2) is 4.67. The summed E-state index contributed by atoms with van der Waals surface area (Å²) in [5.74, 6) is 0. The van der Waals surface area contributed by atoms with Crippen LogP contribution in [0.25, 0.3) is 20.7 Å². The van der Waals surface area contributed by atoms with E-state index in [1.165, 1.54) is 22.2 Å². The average Bonchev–Trinajstić information content (AvgIpc) is 2.88. The summed E-state index contributed by atoms with van der Waals surface area (Å²) in [6.07, 6.45) is 1.43. The van der Waals surface area contributed by atoms with Crippen LogP contribution in [0.2, 0.25) is 0 Å². The van der Waals surface area contributed by atoms with Crippen molar-refractivity contribution >= 4 is 21.6 Å². The van der Waals surface area contributed by atoms with Gasteiger partial charge in [-0.3, -0.25) is 9.36 Å². The Labute approximate surface area is 113 Å². The van der Waals surface area contributed by atoms with Gasteiger partial charge < -0.3 is 0 Å². The molecule has 4 nitrogen and oxygen atoms in total. The molecule has 3 aromatic rings. The molecular weight excluding hydrogens is 258 g/mol. The summed E-state index contributed by atoms with van der Waals surface area (Å²) in [5.41, 5.74) is 1.60. The first-order valence-corrected chi connectivity index (χ1v) is 6.52. The van der Waals surface area contributed by atoms with Gasteiger partial charge in [0.1, 0.15) is 11.2 Å². The van der Waals surface area contributed by atoms with Crippen LogP contribution in [0.4, 0.5) is 0 Å². The lowest BCUT2D eigenvalue weighted by Gasteiger charge is -1.96. The predicted molar refractivity (Wildman–Crippen MR) is 74.9 cm³/mol. The Morgan fingerprint density at radius 1 is 1.32 bits per heavy atom. The second-order valence-electron chi connectivity index (χ2n) is 4.03. The van der Waals surface area contributed by atoms with Crippen molar-refractivity contribution < 1.29 is 0 Å². The van der Waals surface area contributed by atoms with Crippen LogP contribution in [0.5, 0.6) is 0 Å². The third kappa shape index (κ3) is 2.02. The van der Waals surface area contributed by atoms with Gasteiger partial charge in [0.15, 0.2) is 0 Å². The van der Waals surface area contributed by atoms with E-state index >= 15 is 0 Å². The minimum Gasteiger partial charge on any atom is -0.284 e. The van der Waals surface area contributed by atoms with Crippen LogP contribution in [-0.2, 0) is 6.54 Å². The molecule has 2 aromatic heterocycles. The predicted octanol–water partition coefficient (Wildman–Crippen LogP) is 2.65. The van der Waals surface area contributed by atoms with Gasteiger partial charge in [0.2, 0.25) is 0 Å². The van der Waals surface area contributed by atoms with Crippen LogP contribution in [0, 0.1) is 11.3 Å². The van der Waals surface area contributed by atoms with Gasteiger partial charge in [-0.15, -0.1) is 11.3 Å². The van der Waals surface area contributed by atoms with E-state index in [1.807, 2.05) is 42.5 Å². The maximum Gasteiger partial charge on any atom is 0.272 e. The topological polar surface area (TPSA) is 58.7 Å². The summed E-state index contributed by atoms with van der Waals surface area (Å²) in [6.45, 7) is 0.0281. The number of nitriles is 1. The van der Waals surface area contributed by atoms with E-state index in [0.29, 0.717) is 10.2 Å². The molecule has 0 N–H and O–H groups in total. The molecule has 0 fully saturated rings. The zero-order valence-corrected chi connectivity index (χ0v) is 10.7. The quantitative estimate of drug-likeness (QED) is 0.717. The number of hydrogen-bond acceptors (Lipinski definition) is 4. The Morgan fingerprint density at radius 2 is 2.11 bits per heavy atom. The highest BCUT2D eigenvalue weighted by atomic mass is 32.1. The SMILES string of the molecule is N#CCn1cnc2cc(-c3ccccc3)sc2c1=O. The van der Waals surface area contributed by atoms with Crippen molar-refractivity contribution in [1.29, 1.82) is 5.26 Å². The van der Waals surface area contributed by atoms with Gasteiger partial charge in [-0.25, -0.2) is 4.98 Å². The zero-order valence-electron chi connectivity index (χ0n) is 9.91. The smallest absolute Gasteiger partial charge is 0.272 e. The Balaban J connectivity index is 2.20. The maximum absolute atomic E-state index is 12.1. The fraction of sp³-hybridized carbons (Fsp3) is 0.0714. The monoisotopic (exact) mass is 267 g/mol. The fourth-order valence-electron chi connectivity index (χ4n) is 1.88. The van der Waals surface area contributed by atoms with Crippen LogP contribution in [-0.4, -0.2) is 9.55 Å².